The monoisotopic (exact) mass is 322 g/mol. The fourth-order valence-corrected chi connectivity index (χ4v) is 2.34. The normalized spacial score (nSPS) is 10.3. The van der Waals surface area contributed by atoms with Gasteiger partial charge in [0.05, 0.1) is 5.56 Å². The number of benzene rings is 2. The molecule has 0 radical (unpaired) electrons. The van der Waals surface area contributed by atoms with Crippen molar-refractivity contribution in [3.63, 3.8) is 0 Å². The van der Waals surface area contributed by atoms with Gasteiger partial charge < -0.3 is 9.84 Å². The molecule has 1 aromatic heterocycles. The number of anilines is 1. The Hall–Kier alpha value is -3.41. The van der Waals surface area contributed by atoms with Crippen LogP contribution < -0.4 is 5.32 Å². The first-order valence-electron chi connectivity index (χ1n) is 7.22. The van der Waals surface area contributed by atoms with Gasteiger partial charge in [-0.15, -0.1) is 0 Å². The van der Waals surface area contributed by atoms with Gasteiger partial charge in [0.15, 0.2) is 0 Å². The number of nitrogens with one attached hydrogen (secondary N) is 1. The molecule has 0 saturated heterocycles. The summed E-state index contributed by atoms with van der Waals surface area (Å²) in [6.07, 6.45) is 2.41. The van der Waals surface area contributed by atoms with Gasteiger partial charge in [-0.05, 0) is 29.1 Å². The third kappa shape index (κ3) is 3.49. The maximum atomic E-state index is 11.9. The largest absolute Gasteiger partial charge is 0.478 e. The molecule has 2 aromatic carbocycles. The van der Waals surface area contributed by atoms with Gasteiger partial charge in [-0.25, -0.2) is 9.59 Å². The highest BCUT2D eigenvalue weighted by Crippen LogP contribution is 2.23. The van der Waals surface area contributed by atoms with Crippen molar-refractivity contribution in [3.05, 3.63) is 72.1 Å². The minimum Gasteiger partial charge on any atom is -0.478 e. The maximum absolute atomic E-state index is 11.9. The Morgan fingerprint density at radius 2 is 1.92 bits per heavy atom. The summed E-state index contributed by atoms with van der Waals surface area (Å²) in [4.78, 5) is 27.3. The molecular formula is C18H14N2O4. The van der Waals surface area contributed by atoms with Crippen LogP contribution >= 0.6 is 0 Å². The fraction of sp³-hybridized carbons (Fsp3) is 0.0556. The molecule has 0 spiro atoms. The number of fused-ring (bicyclic) bond motifs is 1. The zero-order chi connectivity index (χ0) is 16.9. The van der Waals surface area contributed by atoms with E-state index in [2.05, 4.69) is 10.3 Å². The molecule has 24 heavy (non-hydrogen) atoms. The van der Waals surface area contributed by atoms with Crippen LogP contribution in [0.25, 0.3) is 10.8 Å². The van der Waals surface area contributed by atoms with Gasteiger partial charge in [-0.1, -0.05) is 30.3 Å². The summed E-state index contributed by atoms with van der Waals surface area (Å²) in [5, 5.41) is 13.1. The van der Waals surface area contributed by atoms with E-state index in [9.17, 15) is 14.7 Å². The van der Waals surface area contributed by atoms with Gasteiger partial charge in [0.25, 0.3) is 0 Å². The lowest BCUT2D eigenvalue weighted by molar-refractivity contribution is 0.0699. The Morgan fingerprint density at radius 1 is 1.12 bits per heavy atom. The molecule has 1 heterocycles. The second-order valence-electron chi connectivity index (χ2n) is 5.11. The summed E-state index contributed by atoms with van der Waals surface area (Å²) in [6, 6.07) is 13.9. The number of carbonyl (C=O) groups is 2. The van der Waals surface area contributed by atoms with Crippen LogP contribution in [0.3, 0.4) is 0 Å². The molecule has 0 fully saturated rings. The molecule has 3 aromatic rings. The van der Waals surface area contributed by atoms with E-state index in [0.29, 0.717) is 16.5 Å². The number of pyridine rings is 1. The van der Waals surface area contributed by atoms with E-state index in [-0.39, 0.29) is 12.2 Å². The number of rotatable bonds is 4. The molecule has 3 rings (SSSR count). The maximum Gasteiger partial charge on any atom is 0.411 e. The van der Waals surface area contributed by atoms with Crippen molar-refractivity contribution in [2.45, 2.75) is 6.61 Å². The Morgan fingerprint density at radius 3 is 2.67 bits per heavy atom. The summed E-state index contributed by atoms with van der Waals surface area (Å²) in [5.74, 6) is -1.08. The van der Waals surface area contributed by atoms with E-state index in [4.69, 9.17) is 4.74 Å². The molecule has 120 valence electrons. The SMILES string of the molecule is O=C(Nc1cc(C(=O)O)c2ccncc2c1)OCc1ccccc1. The Labute approximate surface area is 137 Å². The first kappa shape index (κ1) is 15.5. The van der Waals surface area contributed by atoms with Crippen LogP contribution in [0.15, 0.2) is 60.9 Å². The molecule has 0 aliphatic carbocycles. The van der Waals surface area contributed by atoms with Crippen LogP contribution in [0.5, 0.6) is 0 Å². The van der Waals surface area contributed by atoms with Crippen LogP contribution in [-0.4, -0.2) is 22.2 Å². The number of hydrogen-bond donors (Lipinski definition) is 2. The summed E-state index contributed by atoms with van der Waals surface area (Å²) in [7, 11) is 0. The van der Waals surface area contributed by atoms with E-state index in [1.807, 2.05) is 30.3 Å². The van der Waals surface area contributed by atoms with E-state index in [1.165, 1.54) is 12.3 Å². The molecule has 0 atom stereocenters. The fourth-order valence-electron chi connectivity index (χ4n) is 2.34. The average Bonchev–Trinajstić information content (AvgIpc) is 2.60. The van der Waals surface area contributed by atoms with Crippen molar-refractivity contribution in [1.82, 2.24) is 4.98 Å². The van der Waals surface area contributed by atoms with E-state index < -0.39 is 12.1 Å². The lowest BCUT2D eigenvalue weighted by Crippen LogP contribution is -2.14. The van der Waals surface area contributed by atoms with Gasteiger partial charge in [-0.2, -0.15) is 0 Å². The number of carbonyl (C=O) groups excluding carboxylic acids is 1. The molecule has 6 nitrogen and oxygen atoms in total. The van der Waals surface area contributed by atoms with Crippen LogP contribution in [0.4, 0.5) is 10.5 Å². The number of aromatic carboxylic acids is 1. The van der Waals surface area contributed by atoms with Gasteiger partial charge >= 0.3 is 12.1 Å². The summed E-state index contributed by atoms with van der Waals surface area (Å²) < 4.78 is 5.13. The number of nitrogens with zero attached hydrogens (tertiary/aromatic N) is 1. The van der Waals surface area contributed by atoms with Crippen molar-refractivity contribution in [2.24, 2.45) is 0 Å². The van der Waals surface area contributed by atoms with Gasteiger partial charge in [-0.3, -0.25) is 10.3 Å². The molecule has 0 aliphatic rings. The second kappa shape index (κ2) is 6.78. The molecule has 2 N–H and O–H groups in total. The number of amides is 1. The molecule has 0 bridgehead atoms. The Kier molecular flexibility index (Phi) is 4.38. The first-order chi connectivity index (χ1) is 11.6. The Bertz CT molecular complexity index is 894. The topological polar surface area (TPSA) is 88.5 Å². The zero-order valence-electron chi connectivity index (χ0n) is 12.6. The van der Waals surface area contributed by atoms with Crippen molar-refractivity contribution in [2.75, 3.05) is 5.32 Å². The van der Waals surface area contributed by atoms with Gasteiger partial charge in [0, 0.05) is 23.5 Å². The second-order valence-corrected chi connectivity index (χ2v) is 5.11. The molecule has 0 unspecified atom stereocenters. The van der Waals surface area contributed by atoms with E-state index in [1.54, 1.807) is 18.3 Å². The minimum atomic E-state index is -1.08. The van der Waals surface area contributed by atoms with Crippen molar-refractivity contribution < 1.29 is 19.4 Å². The van der Waals surface area contributed by atoms with Crippen molar-refractivity contribution in [1.29, 1.82) is 0 Å². The molecule has 0 saturated carbocycles. The number of carboxylic acid groups (broad SMARTS) is 1. The van der Waals surface area contributed by atoms with Gasteiger partial charge in [0.1, 0.15) is 6.61 Å². The van der Waals surface area contributed by atoms with Crippen LogP contribution in [0.1, 0.15) is 15.9 Å². The lowest BCUT2D eigenvalue weighted by atomic mass is 10.1. The van der Waals surface area contributed by atoms with Crippen LogP contribution in [0, 0.1) is 0 Å². The van der Waals surface area contributed by atoms with Crippen LogP contribution in [-0.2, 0) is 11.3 Å². The highest BCUT2D eigenvalue weighted by Gasteiger charge is 2.12. The predicted molar refractivity (Wildman–Crippen MR) is 89.0 cm³/mol. The van der Waals surface area contributed by atoms with Crippen LogP contribution in [0.2, 0.25) is 0 Å². The summed E-state index contributed by atoms with van der Waals surface area (Å²) in [6.45, 7) is 0.133. The van der Waals surface area contributed by atoms with Gasteiger partial charge in [0.2, 0.25) is 0 Å². The predicted octanol–water partition coefficient (Wildman–Crippen LogP) is 3.68. The number of aromatic nitrogens is 1. The molecule has 1 amide bonds. The number of carboxylic acids is 1. The number of ether oxygens (including phenoxy) is 1. The summed E-state index contributed by atoms with van der Waals surface area (Å²) in [5.41, 5.74) is 1.29. The number of hydrogen-bond acceptors (Lipinski definition) is 4. The van der Waals surface area contributed by atoms with Crippen molar-refractivity contribution in [3.8, 4) is 0 Å². The lowest BCUT2D eigenvalue weighted by Gasteiger charge is -2.10. The standard InChI is InChI=1S/C18H14N2O4/c21-17(22)16-9-14(8-13-10-19-7-6-15(13)16)20-18(23)24-11-12-4-2-1-3-5-12/h1-10H,11H2,(H,20,23)(H,21,22). The first-order valence-corrected chi connectivity index (χ1v) is 7.22. The quantitative estimate of drug-likeness (QED) is 0.765. The Balaban J connectivity index is 1.77. The molecular weight excluding hydrogens is 308 g/mol. The highest BCUT2D eigenvalue weighted by atomic mass is 16.5. The van der Waals surface area contributed by atoms with E-state index >= 15 is 0 Å². The summed E-state index contributed by atoms with van der Waals surface area (Å²) >= 11 is 0. The third-order valence-corrected chi connectivity index (χ3v) is 3.44. The minimum absolute atomic E-state index is 0.0910. The molecule has 0 aliphatic heterocycles. The zero-order valence-corrected chi connectivity index (χ0v) is 12.6. The molecule has 6 heteroatoms. The average molecular weight is 322 g/mol. The highest BCUT2D eigenvalue weighted by molar-refractivity contribution is 6.06. The smallest absolute Gasteiger partial charge is 0.411 e. The third-order valence-electron chi connectivity index (χ3n) is 3.44. The van der Waals surface area contributed by atoms with Crippen molar-refractivity contribution >= 4 is 28.5 Å². The van der Waals surface area contributed by atoms with E-state index in [0.717, 1.165) is 5.56 Å².